The van der Waals surface area contributed by atoms with Crippen LogP contribution in [0.1, 0.15) is 29.5 Å². The number of benzene rings is 1. The molecule has 0 aliphatic rings. The van der Waals surface area contributed by atoms with Crippen LogP contribution in [0.3, 0.4) is 0 Å². The number of aryl methyl sites for hydroxylation is 1. The van der Waals surface area contributed by atoms with Gasteiger partial charge in [-0.15, -0.1) is 11.3 Å². The third-order valence-electron chi connectivity index (χ3n) is 3.17. The number of anilines is 1. The maximum atomic E-state index is 11.9. The summed E-state index contributed by atoms with van der Waals surface area (Å²) in [7, 11) is 0. The Balaban J connectivity index is 1.70. The smallest absolute Gasteiger partial charge is 0.240 e. The molecular formula is C18H21N3O3S. The van der Waals surface area contributed by atoms with Gasteiger partial charge in [-0.2, -0.15) is 5.10 Å². The third kappa shape index (κ3) is 6.76. The first-order valence-corrected chi connectivity index (χ1v) is 8.79. The van der Waals surface area contributed by atoms with Crippen LogP contribution in [-0.4, -0.2) is 24.6 Å². The molecule has 0 spiro atoms. The monoisotopic (exact) mass is 359 g/mol. The lowest BCUT2D eigenvalue weighted by molar-refractivity contribution is -0.124. The van der Waals surface area contributed by atoms with Crippen molar-refractivity contribution in [3.8, 4) is 5.75 Å². The second kappa shape index (κ2) is 9.58. The number of nitrogens with one attached hydrogen (secondary N) is 2. The molecule has 132 valence electrons. The van der Waals surface area contributed by atoms with Crippen molar-refractivity contribution in [3.63, 3.8) is 0 Å². The number of hydrogen-bond acceptors (Lipinski definition) is 5. The normalized spacial score (nSPS) is 10.6. The standard InChI is InChI=1S/C18H21N3O3S/c1-3-24-15-7-5-14(6-8-15)20-17(22)10-11-18(23)21-19-12-16-9-4-13(2)25-16/h4-9,12H,3,10-11H2,1-2H3,(H,20,22)(H,21,23)/b19-12+. The Bertz CT molecular complexity index is 738. The number of thiophene rings is 1. The topological polar surface area (TPSA) is 79.8 Å². The highest BCUT2D eigenvalue weighted by molar-refractivity contribution is 7.13. The van der Waals surface area contributed by atoms with Crippen molar-refractivity contribution in [3.05, 3.63) is 46.2 Å². The second-order valence-corrected chi connectivity index (χ2v) is 6.57. The van der Waals surface area contributed by atoms with Crippen LogP contribution >= 0.6 is 11.3 Å². The predicted molar refractivity (Wildman–Crippen MR) is 100 cm³/mol. The molecule has 2 N–H and O–H groups in total. The molecule has 0 saturated heterocycles. The average Bonchev–Trinajstić information content (AvgIpc) is 3.00. The van der Waals surface area contributed by atoms with Gasteiger partial charge in [0.1, 0.15) is 5.75 Å². The molecule has 0 bridgehead atoms. The van der Waals surface area contributed by atoms with E-state index in [1.54, 1.807) is 41.8 Å². The van der Waals surface area contributed by atoms with E-state index < -0.39 is 0 Å². The van der Waals surface area contributed by atoms with Gasteiger partial charge in [-0.05, 0) is 50.2 Å². The van der Waals surface area contributed by atoms with E-state index >= 15 is 0 Å². The number of ether oxygens (including phenoxy) is 1. The van der Waals surface area contributed by atoms with Gasteiger partial charge in [-0.3, -0.25) is 9.59 Å². The van der Waals surface area contributed by atoms with E-state index in [1.165, 1.54) is 4.88 Å². The first-order valence-electron chi connectivity index (χ1n) is 7.98. The highest BCUT2D eigenvalue weighted by atomic mass is 32.1. The van der Waals surface area contributed by atoms with E-state index in [4.69, 9.17) is 4.74 Å². The first kappa shape index (κ1) is 18.7. The van der Waals surface area contributed by atoms with Gasteiger partial charge >= 0.3 is 0 Å². The summed E-state index contributed by atoms with van der Waals surface area (Å²) in [6, 6.07) is 11.0. The van der Waals surface area contributed by atoms with Crippen molar-refractivity contribution < 1.29 is 14.3 Å². The fraction of sp³-hybridized carbons (Fsp3) is 0.278. The van der Waals surface area contributed by atoms with E-state index in [0.717, 1.165) is 10.6 Å². The highest BCUT2D eigenvalue weighted by Crippen LogP contribution is 2.16. The molecule has 25 heavy (non-hydrogen) atoms. The summed E-state index contributed by atoms with van der Waals surface area (Å²) in [5.74, 6) is 0.224. The van der Waals surface area contributed by atoms with Crippen molar-refractivity contribution in [2.75, 3.05) is 11.9 Å². The molecule has 2 amide bonds. The van der Waals surface area contributed by atoms with Crippen LogP contribution in [0.4, 0.5) is 5.69 Å². The second-order valence-electron chi connectivity index (χ2n) is 5.25. The number of carbonyl (C=O) groups is 2. The van der Waals surface area contributed by atoms with E-state index in [0.29, 0.717) is 12.3 Å². The molecule has 1 aromatic carbocycles. The number of nitrogens with zero attached hydrogens (tertiary/aromatic N) is 1. The van der Waals surface area contributed by atoms with Gasteiger partial charge in [-0.1, -0.05) is 0 Å². The molecule has 0 aliphatic carbocycles. The number of hydrazone groups is 1. The maximum Gasteiger partial charge on any atom is 0.240 e. The fourth-order valence-corrected chi connectivity index (χ4v) is 2.75. The summed E-state index contributed by atoms with van der Waals surface area (Å²) in [5.41, 5.74) is 3.09. The molecule has 0 atom stereocenters. The maximum absolute atomic E-state index is 11.9. The first-order chi connectivity index (χ1) is 12.1. The molecule has 0 fully saturated rings. The van der Waals surface area contributed by atoms with Gasteiger partial charge in [0.15, 0.2) is 0 Å². The van der Waals surface area contributed by atoms with Gasteiger partial charge in [0.05, 0.1) is 12.8 Å². The lowest BCUT2D eigenvalue weighted by Crippen LogP contribution is -2.20. The molecule has 7 heteroatoms. The molecule has 0 saturated carbocycles. The minimum Gasteiger partial charge on any atom is -0.494 e. The molecule has 6 nitrogen and oxygen atoms in total. The summed E-state index contributed by atoms with van der Waals surface area (Å²) in [5, 5.41) is 6.62. The van der Waals surface area contributed by atoms with E-state index in [1.807, 2.05) is 26.0 Å². The predicted octanol–water partition coefficient (Wildman–Crippen LogP) is 3.32. The Hall–Kier alpha value is -2.67. The van der Waals surface area contributed by atoms with Crippen LogP contribution < -0.4 is 15.5 Å². The Morgan fingerprint density at radius 1 is 1.12 bits per heavy atom. The van der Waals surface area contributed by atoms with Crippen LogP contribution in [-0.2, 0) is 9.59 Å². The number of hydrogen-bond donors (Lipinski definition) is 2. The lowest BCUT2D eigenvalue weighted by Gasteiger charge is -2.07. The molecule has 0 radical (unpaired) electrons. The summed E-state index contributed by atoms with van der Waals surface area (Å²) >= 11 is 1.59. The van der Waals surface area contributed by atoms with Crippen molar-refractivity contribution in [2.45, 2.75) is 26.7 Å². The zero-order chi connectivity index (χ0) is 18.1. The summed E-state index contributed by atoms with van der Waals surface area (Å²) in [4.78, 5) is 25.7. The lowest BCUT2D eigenvalue weighted by atomic mass is 10.2. The van der Waals surface area contributed by atoms with E-state index in [9.17, 15) is 9.59 Å². The minimum absolute atomic E-state index is 0.0731. The Kier molecular flexibility index (Phi) is 7.16. The van der Waals surface area contributed by atoms with Crippen molar-refractivity contribution in [1.29, 1.82) is 0 Å². The van der Waals surface area contributed by atoms with E-state index in [-0.39, 0.29) is 24.7 Å². The largest absolute Gasteiger partial charge is 0.494 e. The molecule has 1 aromatic heterocycles. The molecule has 2 aromatic rings. The van der Waals surface area contributed by atoms with Crippen LogP contribution in [0.25, 0.3) is 0 Å². The number of carbonyl (C=O) groups excluding carboxylic acids is 2. The molecule has 0 aliphatic heterocycles. The zero-order valence-corrected chi connectivity index (χ0v) is 15.1. The Morgan fingerprint density at radius 3 is 2.48 bits per heavy atom. The van der Waals surface area contributed by atoms with Gasteiger partial charge in [0.2, 0.25) is 11.8 Å². The van der Waals surface area contributed by atoms with Gasteiger partial charge < -0.3 is 10.1 Å². The van der Waals surface area contributed by atoms with Gasteiger partial charge in [0.25, 0.3) is 0 Å². The SMILES string of the molecule is CCOc1ccc(NC(=O)CCC(=O)N/N=C/c2ccc(C)s2)cc1. The van der Waals surface area contributed by atoms with Crippen molar-refractivity contribution in [2.24, 2.45) is 5.10 Å². The Morgan fingerprint density at radius 2 is 1.84 bits per heavy atom. The number of rotatable bonds is 8. The van der Waals surface area contributed by atoms with E-state index in [2.05, 4.69) is 15.8 Å². The third-order valence-corrected chi connectivity index (χ3v) is 4.11. The van der Waals surface area contributed by atoms with Crippen molar-refractivity contribution in [1.82, 2.24) is 5.43 Å². The zero-order valence-electron chi connectivity index (χ0n) is 14.2. The van der Waals surface area contributed by atoms with Crippen LogP contribution in [0.2, 0.25) is 0 Å². The average molecular weight is 359 g/mol. The molecule has 1 heterocycles. The van der Waals surface area contributed by atoms with Crippen LogP contribution in [0.5, 0.6) is 5.75 Å². The molecule has 0 unspecified atom stereocenters. The van der Waals surface area contributed by atoms with Gasteiger partial charge in [0, 0.05) is 28.3 Å². The minimum atomic E-state index is -0.300. The number of amides is 2. The summed E-state index contributed by atoms with van der Waals surface area (Å²) in [6.45, 7) is 4.51. The molecule has 2 rings (SSSR count). The molecular weight excluding hydrogens is 338 g/mol. The Labute approximate surface area is 150 Å². The highest BCUT2D eigenvalue weighted by Gasteiger charge is 2.07. The van der Waals surface area contributed by atoms with Crippen LogP contribution in [0.15, 0.2) is 41.5 Å². The summed E-state index contributed by atoms with van der Waals surface area (Å²) < 4.78 is 5.34. The fourth-order valence-electron chi connectivity index (χ4n) is 2.00. The van der Waals surface area contributed by atoms with Gasteiger partial charge in [-0.25, -0.2) is 5.43 Å². The quantitative estimate of drug-likeness (QED) is 0.560. The van der Waals surface area contributed by atoms with Crippen molar-refractivity contribution >= 4 is 35.1 Å². The van der Waals surface area contributed by atoms with Crippen LogP contribution in [0, 0.1) is 6.92 Å². The summed E-state index contributed by atoms with van der Waals surface area (Å²) in [6.07, 6.45) is 1.76.